The summed E-state index contributed by atoms with van der Waals surface area (Å²) in [5.74, 6) is 0.460. The first-order valence-corrected chi connectivity index (χ1v) is 6.61. The van der Waals surface area contributed by atoms with Crippen LogP contribution in [0.15, 0.2) is 24.4 Å². The molecule has 4 heteroatoms. The first-order valence-electron chi connectivity index (χ1n) is 6.23. The Labute approximate surface area is 111 Å². The van der Waals surface area contributed by atoms with Crippen molar-refractivity contribution in [3.8, 4) is 0 Å². The standard InChI is InChI=1S/C14H15ClN2O/c15-11-1-2-13-12(6-11)9(8-17-13)5-10-7-16-4-3-14(10)18/h1-2,6,8,10,16-17H,3-5,7H2. The van der Waals surface area contributed by atoms with Crippen molar-refractivity contribution in [2.75, 3.05) is 13.1 Å². The molecule has 3 nitrogen and oxygen atoms in total. The SMILES string of the molecule is O=C1CCNCC1Cc1c[nH]c2ccc(Cl)cc12. The van der Waals surface area contributed by atoms with Crippen LogP contribution in [-0.4, -0.2) is 23.9 Å². The molecule has 0 aliphatic carbocycles. The van der Waals surface area contributed by atoms with Gasteiger partial charge in [0.1, 0.15) is 5.78 Å². The molecule has 1 aliphatic rings. The highest BCUT2D eigenvalue weighted by Crippen LogP contribution is 2.25. The Hall–Kier alpha value is -1.32. The van der Waals surface area contributed by atoms with Gasteiger partial charge in [-0.05, 0) is 30.2 Å². The van der Waals surface area contributed by atoms with Crippen molar-refractivity contribution >= 4 is 28.3 Å². The second-order valence-corrected chi connectivity index (χ2v) is 5.26. The lowest BCUT2D eigenvalue weighted by Crippen LogP contribution is -2.37. The van der Waals surface area contributed by atoms with Gasteiger partial charge in [-0.1, -0.05) is 11.6 Å². The zero-order valence-electron chi connectivity index (χ0n) is 10.0. The lowest BCUT2D eigenvalue weighted by molar-refractivity contribution is -0.123. The minimum absolute atomic E-state index is 0.0942. The van der Waals surface area contributed by atoms with Crippen molar-refractivity contribution in [3.63, 3.8) is 0 Å². The van der Waals surface area contributed by atoms with Crippen LogP contribution < -0.4 is 5.32 Å². The number of halogens is 1. The Kier molecular flexibility index (Phi) is 3.10. The molecule has 1 unspecified atom stereocenters. The van der Waals surface area contributed by atoms with Crippen LogP contribution in [0.1, 0.15) is 12.0 Å². The minimum Gasteiger partial charge on any atom is -0.361 e. The van der Waals surface area contributed by atoms with Gasteiger partial charge >= 0.3 is 0 Å². The van der Waals surface area contributed by atoms with Gasteiger partial charge in [0, 0.05) is 47.6 Å². The van der Waals surface area contributed by atoms with Crippen molar-refractivity contribution in [1.82, 2.24) is 10.3 Å². The minimum atomic E-state index is 0.0942. The van der Waals surface area contributed by atoms with Crippen molar-refractivity contribution in [1.29, 1.82) is 0 Å². The molecule has 0 spiro atoms. The topological polar surface area (TPSA) is 44.9 Å². The molecule has 1 saturated heterocycles. The third kappa shape index (κ3) is 2.16. The number of Topliss-reactive ketones (excluding diaryl/α,β-unsaturated/α-hetero) is 1. The molecule has 94 valence electrons. The number of piperidine rings is 1. The van der Waals surface area contributed by atoms with E-state index in [4.69, 9.17) is 11.6 Å². The predicted molar refractivity (Wildman–Crippen MR) is 73.0 cm³/mol. The number of aromatic nitrogens is 1. The van der Waals surface area contributed by atoms with E-state index >= 15 is 0 Å². The van der Waals surface area contributed by atoms with E-state index in [1.165, 1.54) is 5.56 Å². The predicted octanol–water partition coefficient (Wildman–Crippen LogP) is 2.54. The summed E-state index contributed by atoms with van der Waals surface area (Å²) in [6, 6.07) is 5.81. The molecule has 1 aliphatic heterocycles. The first-order chi connectivity index (χ1) is 8.74. The second-order valence-electron chi connectivity index (χ2n) is 4.83. The summed E-state index contributed by atoms with van der Waals surface area (Å²) in [7, 11) is 0. The van der Waals surface area contributed by atoms with Gasteiger partial charge in [-0.25, -0.2) is 0 Å². The number of fused-ring (bicyclic) bond motifs is 1. The Morgan fingerprint density at radius 1 is 1.39 bits per heavy atom. The molecule has 2 aromatic rings. The van der Waals surface area contributed by atoms with Crippen molar-refractivity contribution < 1.29 is 4.79 Å². The molecule has 18 heavy (non-hydrogen) atoms. The van der Waals surface area contributed by atoms with Crippen LogP contribution in [0.2, 0.25) is 5.02 Å². The van der Waals surface area contributed by atoms with E-state index in [1.807, 2.05) is 24.4 Å². The highest BCUT2D eigenvalue weighted by Gasteiger charge is 2.23. The van der Waals surface area contributed by atoms with Gasteiger partial charge in [0.15, 0.2) is 0 Å². The number of nitrogens with one attached hydrogen (secondary N) is 2. The highest BCUT2D eigenvalue weighted by atomic mass is 35.5. The summed E-state index contributed by atoms with van der Waals surface area (Å²) in [6.45, 7) is 1.60. The maximum absolute atomic E-state index is 11.8. The van der Waals surface area contributed by atoms with E-state index in [0.717, 1.165) is 35.4 Å². The lowest BCUT2D eigenvalue weighted by atomic mass is 9.91. The zero-order chi connectivity index (χ0) is 12.5. The summed E-state index contributed by atoms with van der Waals surface area (Å²) >= 11 is 6.03. The third-order valence-corrected chi connectivity index (χ3v) is 3.83. The molecule has 0 bridgehead atoms. The number of benzene rings is 1. The Balaban J connectivity index is 1.90. The maximum atomic E-state index is 11.8. The van der Waals surface area contributed by atoms with Crippen LogP contribution in [0, 0.1) is 5.92 Å². The fourth-order valence-corrected chi connectivity index (χ4v) is 2.75. The fraction of sp³-hybridized carbons (Fsp3) is 0.357. The Morgan fingerprint density at radius 3 is 3.11 bits per heavy atom. The van der Waals surface area contributed by atoms with E-state index in [0.29, 0.717) is 12.2 Å². The van der Waals surface area contributed by atoms with Gasteiger partial charge in [0.2, 0.25) is 0 Å². The van der Waals surface area contributed by atoms with Crippen LogP contribution in [0.3, 0.4) is 0 Å². The van der Waals surface area contributed by atoms with Gasteiger partial charge in [-0.2, -0.15) is 0 Å². The average molecular weight is 263 g/mol. The average Bonchev–Trinajstić information content (AvgIpc) is 2.75. The normalized spacial score (nSPS) is 20.5. The number of hydrogen-bond donors (Lipinski definition) is 2. The molecular formula is C14H15ClN2O. The monoisotopic (exact) mass is 262 g/mol. The molecule has 1 aromatic carbocycles. The number of rotatable bonds is 2. The molecule has 1 aromatic heterocycles. The molecule has 1 atom stereocenters. The summed E-state index contributed by atoms with van der Waals surface area (Å²) in [5, 5.41) is 5.14. The summed E-state index contributed by atoms with van der Waals surface area (Å²) in [5.41, 5.74) is 2.25. The number of aromatic amines is 1. The van der Waals surface area contributed by atoms with Gasteiger partial charge < -0.3 is 10.3 Å². The van der Waals surface area contributed by atoms with Gasteiger partial charge in [0.05, 0.1) is 0 Å². The third-order valence-electron chi connectivity index (χ3n) is 3.59. The number of hydrogen-bond acceptors (Lipinski definition) is 2. The maximum Gasteiger partial charge on any atom is 0.138 e. The second kappa shape index (κ2) is 4.75. The van der Waals surface area contributed by atoms with Crippen LogP contribution in [-0.2, 0) is 11.2 Å². The van der Waals surface area contributed by atoms with Crippen LogP contribution in [0.4, 0.5) is 0 Å². The van der Waals surface area contributed by atoms with E-state index in [2.05, 4.69) is 10.3 Å². The molecule has 3 rings (SSSR count). The number of H-pyrrole nitrogens is 1. The summed E-state index contributed by atoms with van der Waals surface area (Å²) in [4.78, 5) is 15.1. The first kappa shape index (κ1) is 11.8. The Morgan fingerprint density at radius 2 is 2.28 bits per heavy atom. The van der Waals surface area contributed by atoms with E-state index in [-0.39, 0.29) is 5.92 Å². The van der Waals surface area contributed by atoms with E-state index in [1.54, 1.807) is 0 Å². The quantitative estimate of drug-likeness (QED) is 0.874. The largest absolute Gasteiger partial charge is 0.361 e. The highest BCUT2D eigenvalue weighted by molar-refractivity contribution is 6.31. The zero-order valence-corrected chi connectivity index (χ0v) is 10.8. The van der Waals surface area contributed by atoms with Crippen molar-refractivity contribution in [2.45, 2.75) is 12.8 Å². The molecule has 0 saturated carbocycles. The van der Waals surface area contributed by atoms with Gasteiger partial charge in [0.25, 0.3) is 0 Å². The molecule has 0 amide bonds. The van der Waals surface area contributed by atoms with E-state index < -0.39 is 0 Å². The number of ketones is 1. The van der Waals surface area contributed by atoms with Gasteiger partial charge in [-0.15, -0.1) is 0 Å². The summed E-state index contributed by atoms with van der Waals surface area (Å²) < 4.78 is 0. The summed E-state index contributed by atoms with van der Waals surface area (Å²) in [6.07, 6.45) is 3.42. The lowest BCUT2D eigenvalue weighted by Gasteiger charge is -2.21. The van der Waals surface area contributed by atoms with Crippen LogP contribution >= 0.6 is 11.6 Å². The van der Waals surface area contributed by atoms with Crippen LogP contribution in [0.5, 0.6) is 0 Å². The van der Waals surface area contributed by atoms with Crippen molar-refractivity contribution in [3.05, 3.63) is 35.0 Å². The van der Waals surface area contributed by atoms with Crippen molar-refractivity contribution in [2.24, 2.45) is 5.92 Å². The van der Waals surface area contributed by atoms with Gasteiger partial charge in [-0.3, -0.25) is 4.79 Å². The fourth-order valence-electron chi connectivity index (χ4n) is 2.58. The molecular weight excluding hydrogens is 248 g/mol. The molecule has 2 N–H and O–H groups in total. The Bertz CT molecular complexity index is 590. The molecule has 0 radical (unpaired) electrons. The number of carbonyl (C=O) groups is 1. The smallest absolute Gasteiger partial charge is 0.138 e. The number of carbonyl (C=O) groups excluding carboxylic acids is 1. The van der Waals surface area contributed by atoms with Crippen LogP contribution in [0.25, 0.3) is 10.9 Å². The molecule has 2 heterocycles. The van der Waals surface area contributed by atoms with E-state index in [9.17, 15) is 4.79 Å². The molecule has 1 fully saturated rings.